The van der Waals surface area contributed by atoms with Crippen LogP contribution in [0.15, 0.2) is 30.3 Å². The highest BCUT2D eigenvalue weighted by Crippen LogP contribution is 2.25. The fourth-order valence-corrected chi connectivity index (χ4v) is 4.63. The van der Waals surface area contributed by atoms with Crippen molar-refractivity contribution in [2.45, 2.75) is 0 Å². The minimum absolute atomic E-state index is 0.192. The molecule has 0 bridgehead atoms. The summed E-state index contributed by atoms with van der Waals surface area (Å²) in [6.45, 7) is 1.89. The molecule has 22 heavy (non-hydrogen) atoms. The van der Waals surface area contributed by atoms with Crippen LogP contribution in [0.25, 0.3) is 10.1 Å². The largest absolute Gasteiger partial charge is 0.460 e. The molecule has 0 N–H and O–H groups in total. The van der Waals surface area contributed by atoms with Gasteiger partial charge in [-0.2, -0.15) is 0 Å². The first-order valence-corrected chi connectivity index (χ1v) is 9.76. The third-order valence-corrected chi connectivity index (χ3v) is 6.41. The summed E-state index contributed by atoms with van der Waals surface area (Å²) in [4.78, 5) is 14.6. The second-order valence-corrected chi connectivity index (χ2v) is 8.67. The maximum atomic E-state index is 12.0. The molecule has 0 atom stereocenters. The van der Waals surface area contributed by atoms with Crippen LogP contribution in [0.1, 0.15) is 9.67 Å². The van der Waals surface area contributed by atoms with Crippen LogP contribution in [0, 0.1) is 0 Å². The predicted octanol–water partition coefficient (Wildman–Crippen LogP) is 1.79. The summed E-state index contributed by atoms with van der Waals surface area (Å²) in [5, 5.41) is 1.04. The monoisotopic (exact) mass is 339 g/mol. The molecule has 7 heteroatoms. The maximum Gasteiger partial charge on any atom is 0.348 e. The van der Waals surface area contributed by atoms with E-state index in [1.807, 2.05) is 35.2 Å². The van der Waals surface area contributed by atoms with E-state index in [4.69, 9.17) is 4.74 Å². The summed E-state index contributed by atoms with van der Waals surface area (Å²) < 4.78 is 29.0. The molecule has 2 aromatic rings. The Balaban J connectivity index is 1.50. The number of hydrogen-bond acceptors (Lipinski definition) is 6. The highest BCUT2D eigenvalue weighted by molar-refractivity contribution is 7.91. The Morgan fingerprint density at radius 3 is 2.68 bits per heavy atom. The van der Waals surface area contributed by atoms with Crippen molar-refractivity contribution in [3.8, 4) is 0 Å². The molecule has 5 nitrogen and oxygen atoms in total. The standard InChI is InChI=1S/C15H17NO4S2/c17-15(14-11-12-3-1-2-4-13(12)21-14)20-8-5-16-6-9-22(18,19)10-7-16/h1-4,11H,5-10H2. The number of carbonyl (C=O) groups is 1. The van der Waals surface area contributed by atoms with Gasteiger partial charge in [0.15, 0.2) is 9.84 Å². The fraction of sp³-hybridized carbons (Fsp3) is 0.400. The Labute approximate surface area is 133 Å². The van der Waals surface area contributed by atoms with Crippen LogP contribution >= 0.6 is 11.3 Å². The Hall–Kier alpha value is -1.44. The van der Waals surface area contributed by atoms with E-state index in [0.717, 1.165) is 10.1 Å². The predicted molar refractivity (Wildman–Crippen MR) is 87.2 cm³/mol. The zero-order chi connectivity index (χ0) is 15.6. The van der Waals surface area contributed by atoms with Crippen molar-refractivity contribution in [1.29, 1.82) is 0 Å². The zero-order valence-electron chi connectivity index (χ0n) is 12.0. The van der Waals surface area contributed by atoms with Crippen molar-refractivity contribution in [1.82, 2.24) is 4.90 Å². The number of rotatable bonds is 4. The van der Waals surface area contributed by atoms with E-state index >= 15 is 0 Å². The van der Waals surface area contributed by atoms with Crippen LogP contribution in [-0.4, -0.2) is 57.0 Å². The molecule has 1 aromatic heterocycles. The van der Waals surface area contributed by atoms with Gasteiger partial charge in [-0.05, 0) is 17.5 Å². The van der Waals surface area contributed by atoms with Crippen LogP contribution in [0.4, 0.5) is 0 Å². The minimum Gasteiger partial charge on any atom is -0.460 e. The van der Waals surface area contributed by atoms with Crippen LogP contribution in [-0.2, 0) is 14.6 Å². The van der Waals surface area contributed by atoms with Gasteiger partial charge in [0.25, 0.3) is 0 Å². The number of ether oxygens (including phenoxy) is 1. The SMILES string of the molecule is O=C(OCCN1CCS(=O)(=O)CC1)c1cc2ccccc2s1. The first-order chi connectivity index (χ1) is 10.5. The lowest BCUT2D eigenvalue weighted by Gasteiger charge is -2.25. The average molecular weight is 339 g/mol. The van der Waals surface area contributed by atoms with Gasteiger partial charge in [-0.1, -0.05) is 18.2 Å². The molecule has 1 aliphatic rings. The maximum absolute atomic E-state index is 12.0. The molecule has 0 unspecified atom stereocenters. The molecule has 0 spiro atoms. The Bertz CT molecular complexity index is 735. The van der Waals surface area contributed by atoms with Gasteiger partial charge >= 0.3 is 5.97 Å². The highest BCUT2D eigenvalue weighted by atomic mass is 32.2. The van der Waals surface area contributed by atoms with E-state index in [1.54, 1.807) is 0 Å². The van der Waals surface area contributed by atoms with Crippen LogP contribution in [0.2, 0.25) is 0 Å². The lowest BCUT2D eigenvalue weighted by atomic mass is 10.2. The Kier molecular flexibility index (Phi) is 4.46. The normalized spacial score (nSPS) is 18.4. The van der Waals surface area contributed by atoms with Gasteiger partial charge in [0.2, 0.25) is 0 Å². The van der Waals surface area contributed by atoms with E-state index < -0.39 is 9.84 Å². The van der Waals surface area contributed by atoms with E-state index in [1.165, 1.54) is 11.3 Å². The van der Waals surface area contributed by atoms with Gasteiger partial charge in [-0.25, -0.2) is 13.2 Å². The smallest absolute Gasteiger partial charge is 0.348 e. The molecule has 0 saturated carbocycles. The summed E-state index contributed by atoms with van der Waals surface area (Å²) in [5.41, 5.74) is 0. The molecule has 1 fully saturated rings. The molecule has 0 amide bonds. The van der Waals surface area contributed by atoms with E-state index in [2.05, 4.69) is 0 Å². The molecule has 3 rings (SSSR count). The van der Waals surface area contributed by atoms with Crippen LogP contribution in [0.3, 0.4) is 0 Å². The van der Waals surface area contributed by atoms with Crippen molar-refractivity contribution in [3.05, 3.63) is 35.2 Å². The van der Waals surface area contributed by atoms with E-state index in [-0.39, 0.29) is 24.1 Å². The summed E-state index contributed by atoms with van der Waals surface area (Å²) in [5.74, 6) is 0.0694. The van der Waals surface area contributed by atoms with E-state index in [0.29, 0.717) is 24.5 Å². The highest BCUT2D eigenvalue weighted by Gasteiger charge is 2.21. The first kappa shape index (κ1) is 15.5. The summed E-state index contributed by atoms with van der Waals surface area (Å²) in [6, 6.07) is 9.67. The van der Waals surface area contributed by atoms with Gasteiger partial charge in [0.1, 0.15) is 11.5 Å². The van der Waals surface area contributed by atoms with Gasteiger partial charge < -0.3 is 4.74 Å². The number of nitrogens with zero attached hydrogens (tertiary/aromatic N) is 1. The van der Waals surface area contributed by atoms with Crippen molar-refractivity contribution < 1.29 is 17.9 Å². The molecular weight excluding hydrogens is 322 g/mol. The average Bonchev–Trinajstić information content (AvgIpc) is 2.93. The quantitative estimate of drug-likeness (QED) is 0.795. The van der Waals surface area contributed by atoms with Crippen molar-refractivity contribution in [3.63, 3.8) is 0 Å². The van der Waals surface area contributed by atoms with Gasteiger partial charge in [-0.3, -0.25) is 4.90 Å². The van der Waals surface area contributed by atoms with E-state index in [9.17, 15) is 13.2 Å². The molecular formula is C15H17NO4S2. The molecule has 0 radical (unpaired) electrons. The second-order valence-electron chi connectivity index (χ2n) is 5.28. The molecule has 118 valence electrons. The number of sulfone groups is 1. The van der Waals surface area contributed by atoms with Gasteiger partial charge in [-0.15, -0.1) is 11.3 Å². The first-order valence-electron chi connectivity index (χ1n) is 7.12. The molecule has 0 aliphatic carbocycles. The number of thiophene rings is 1. The third kappa shape index (κ3) is 3.66. The summed E-state index contributed by atoms with van der Waals surface area (Å²) >= 11 is 1.42. The molecule has 1 aliphatic heterocycles. The van der Waals surface area contributed by atoms with Crippen LogP contribution in [0.5, 0.6) is 0 Å². The Morgan fingerprint density at radius 1 is 1.23 bits per heavy atom. The fourth-order valence-electron chi connectivity index (χ4n) is 2.39. The Morgan fingerprint density at radius 2 is 1.95 bits per heavy atom. The zero-order valence-corrected chi connectivity index (χ0v) is 13.7. The van der Waals surface area contributed by atoms with Crippen molar-refractivity contribution in [2.24, 2.45) is 0 Å². The lowest BCUT2D eigenvalue weighted by Crippen LogP contribution is -2.41. The molecule has 2 heterocycles. The van der Waals surface area contributed by atoms with Gasteiger partial charge in [0, 0.05) is 24.3 Å². The second kappa shape index (κ2) is 6.36. The van der Waals surface area contributed by atoms with Gasteiger partial charge in [0.05, 0.1) is 11.5 Å². The summed E-state index contributed by atoms with van der Waals surface area (Å²) in [7, 11) is -2.86. The minimum atomic E-state index is -2.86. The number of hydrogen-bond donors (Lipinski definition) is 0. The molecule has 1 aromatic carbocycles. The topological polar surface area (TPSA) is 63.7 Å². The number of benzene rings is 1. The lowest BCUT2D eigenvalue weighted by molar-refractivity contribution is 0.0471. The number of carbonyl (C=O) groups excluding carboxylic acids is 1. The van der Waals surface area contributed by atoms with Crippen molar-refractivity contribution in [2.75, 3.05) is 37.7 Å². The van der Waals surface area contributed by atoms with Crippen LogP contribution < -0.4 is 0 Å². The number of esters is 1. The van der Waals surface area contributed by atoms with Crippen molar-refractivity contribution >= 4 is 37.2 Å². The molecule has 1 saturated heterocycles. The summed E-state index contributed by atoms with van der Waals surface area (Å²) in [6.07, 6.45) is 0. The number of fused-ring (bicyclic) bond motifs is 1. The third-order valence-electron chi connectivity index (χ3n) is 3.70.